The number of rotatable bonds is 9. The fraction of sp³-hybridized carbons (Fsp3) is 0.300. The SMILES string of the molecule is COc1ccccc1C(=O)NC(CCSC)C(=O)NCc1ccccc1F. The van der Waals surface area contributed by atoms with Crippen LogP contribution < -0.4 is 15.4 Å². The summed E-state index contributed by atoms with van der Waals surface area (Å²) in [6.45, 7) is 0.0613. The van der Waals surface area contributed by atoms with Crippen molar-refractivity contribution in [3.8, 4) is 5.75 Å². The van der Waals surface area contributed by atoms with Gasteiger partial charge in [-0.15, -0.1) is 0 Å². The summed E-state index contributed by atoms with van der Waals surface area (Å²) in [4.78, 5) is 25.2. The topological polar surface area (TPSA) is 67.4 Å². The van der Waals surface area contributed by atoms with E-state index in [2.05, 4.69) is 10.6 Å². The first-order valence-corrected chi connectivity index (χ1v) is 9.90. The molecule has 7 heteroatoms. The number of methoxy groups -OCH3 is 1. The Morgan fingerprint density at radius 2 is 1.85 bits per heavy atom. The van der Waals surface area contributed by atoms with Crippen molar-refractivity contribution in [1.29, 1.82) is 0 Å². The first-order valence-electron chi connectivity index (χ1n) is 8.50. The summed E-state index contributed by atoms with van der Waals surface area (Å²) < 4.78 is 18.9. The second kappa shape index (κ2) is 10.6. The summed E-state index contributed by atoms with van der Waals surface area (Å²) in [6, 6.07) is 12.3. The molecule has 1 atom stereocenters. The number of nitrogens with one attached hydrogen (secondary N) is 2. The molecule has 144 valence electrons. The minimum Gasteiger partial charge on any atom is -0.496 e. The number of para-hydroxylation sites is 1. The van der Waals surface area contributed by atoms with E-state index >= 15 is 0 Å². The highest BCUT2D eigenvalue weighted by atomic mass is 32.2. The minimum atomic E-state index is -0.721. The van der Waals surface area contributed by atoms with Gasteiger partial charge < -0.3 is 15.4 Å². The Balaban J connectivity index is 2.06. The van der Waals surface area contributed by atoms with Crippen LogP contribution in [0.5, 0.6) is 5.75 Å². The molecule has 0 aromatic heterocycles. The van der Waals surface area contributed by atoms with Crippen molar-refractivity contribution in [2.75, 3.05) is 19.1 Å². The Morgan fingerprint density at radius 3 is 2.56 bits per heavy atom. The molecule has 2 aromatic carbocycles. The molecular weight excluding hydrogens is 367 g/mol. The predicted molar refractivity (Wildman–Crippen MR) is 105 cm³/mol. The van der Waals surface area contributed by atoms with Gasteiger partial charge in [0.25, 0.3) is 5.91 Å². The highest BCUT2D eigenvalue weighted by molar-refractivity contribution is 7.98. The number of hydrogen-bond donors (Lipinski definition) is 2. The van der Waals surface area contributed by atoms with E-state index in [0.29, 0.717) is 29.1 Å². The van der Waals surface area contributed by atoms with E-state index < -0.39 is 6.04 Å². The van der Waals surface area contributed by atoms with E-state index in [4.69, 9.17) is 4.74 Å². The van der Waals surface area contributed by atoms with Crippen LogP contribution in [-0.2, 0) is 11.3 Å². The molecule has 0 saturated heterocycles. The van der Waals surface area contributed by atoms with Crippen molar-refractivity contribution >= 4 is 23.6 Å². The Labute approximate surface area is 162 Å². The number of ether oxygens (including phenoxy) is 1. The summed E-state index contributed by atoms with van der Waals surface area (Å²) in [6.07, 6.45) is 2.39. The molecule has 0 saturated carbocycles. The van der Waals surface area contributed by atoms with Crippen LogP contribution in [0.25, 0.3) is 0 Å². The van der Waals surface area contributed by atoms with E-state index in [-0.39, 0.29) is 24.2 Å². The lowest BCUT2D eigenvalue weighted by atomic mass is 10.1. The third-order valence-electron chi connectivity index (χ3n) is 3.99. The van der Waals surface area contributed by atoms with Gasteiger partial charge in [0.15, 0.2) is 0 Å². The molecule has 0 radical (unpaired) electrons. The van der Waals surface area contributed by atoms with Crippen molar-refractivity contribution in [2.24, 2.45) is 0 Å². The number of carbonyl (C=O) groups excluding carboxylic acids is 2. The second-order valence-corrected chi connectivity index (χ2v) is 6.80. The van der Waals surface area contributed by atoms with E-state index in [9.17, 15) is 14.0 Å². The summed E-state index contributed by atoms with van der Waals surface area (Å²) in [5.74, 6) is 0.0151. The fourth-order valence-electron chi connectivity index (χ4n) is 2.52. The maximum Gasteiger partial charge on any atom is 0.255 e. The van der Waals surface area contributed by atoms with Crippen molar-refractivity contribution in [1.82, 2.24) is 10.6 Å². The van der Waals surface area contributed by atoms with E-state index in [1.54, 1.807) is 54.2 Å². The third kappa shape index (κ3) is 5.99. The second-order valence-electron chi connectivity index (χ2n) is 5.82. The zero-order chi connectivity index (χ0) is 19.6. The predicted octanol–water partition coefficient (Wildman–Crippen LogP) is 3.00. The van der Waals surface area contributed by atoms with Gasteiger partial charge in [0, 0.05) is 12.1 Å². The summed E-state index contributed by atoms with van der Waals surface area (Å²) in [5, 5.41) is 5.46. The molecule has 27 heavy (non-hydrogen) atoms. The first kappa shape index (κ1) is 20.8. The van der Waals surface area contributed by atoms with Crippen molar-refractivity contribution in [3.05, 3.63) is 65.5 Å². The molecule has 0 heterocycles. The van der Waals surface area contributed by atoms with Gasteiger partial charge >= 0.3 is 0 Å². The first-order chi connectivity index (χ1) is 13.1. The average Bonchev–Trinajstić information content (AvgIpc) is 2.70. The van der Waals surface area contributed by atoms with Gasteiger partial charge in [-0.2, -0.15) is 11.8 Å². The Hall–Kier alpha value is -2.54. The van der Waals surface area contributed by atoms with Gasteiger partial charge in [0.1, 0.15) is 17.6 Å². The molecule has 0 fully saturated rings. The molecular formula is C20H23FN2O3S. The maximum atomic E-state index is 13.7. The van der Waals surface area contributed by atoms with E-state index in [0.717, 1.165) is 0 Å². The average molecular weight is 390 g/mol. The molecule has 2 amide bonds. The normalized spacial score (nSPS) is 11.5. The Bertz CT molecular complexity index is 785. The van der Waals surface area contributed by atoms with Gasteiger partial charge in [-0.1, -0.05) is 30.3 Å². The monoisotopic (exact) mass is 390 g/mol. The van der Waals surface area contributed by atoms with Crippen molar-refractivity contribution < 1.29 is 18.7 Å². The molecule has 1 unspecified atom stereocenters. The molecule has 0 aliphatic carbocycles. The number of thioether (sulfide) groups is 1. The zero-order valence-corrected chi connectivity index (χ0v) is 16.1. The number of hydrogen-bond acceptors (Lipinski definition) is 4. The van der Waals surface area contributed by atoms with Crippen LogP contribution in [-0.4, -0.2) is 37.0 Å². The number of benzene rings is 2. The third-order valence-corrected chi connectivity index (χ3v) is 4.64. The lowest BCUT2D eigenvalue weighted by Gasteiger charge is -2.19. The van der Waals surface area contributed by atoms with Gasteiger partial charge in [-0.25, -0.2) is 4.39 Å². The van der Waals surface area contributed by atoms with E-state index in [1.807, 2.05) is 6.26 Å². The van der Waals surface area contributed by atoms with Gasteiger partial charge in [0.2, 0.25) is 5.91 Å². The quantitative estimate of drug-likeness (QED) is 0.691. The van der Waals surface area contributed by atoms with Crippen LogP contribution >= 0.6 is 11.8 Å². The smallest absolute Gasteiger partial charge is 0.255 e. The van der Waals surface area contributed by atoms with Crippen LogP contribution in [0.4, 0.5) is 4.39 Å². The molecule has 2 N–H and O–H groups in total. The molecule has 2 aromatic rings. The minimum absolute atomic E-state index is 0.0613. The summed E-state index contributed by atoms with van der Waals surface area (Å²) in [7, 11) is 1.48. The Morgan fingerprint density at radius 1 is 1.15 bits per heavy atom. The lowest BCUT2D eigenvalue weighted by Crippen LogP contribution is -2.47. The van der Waals surface area contributed by atoms with Crippen molar-refractivity contribution in [2.45, 2.75) is 19.0 Å². The van der Waals surface area contributed by atoms with Crippen LogP contribution in [0.3, 0.4) is 0 Å². The van der Waals surface area contributed by atoms with Crippen LogP contribution in [0.15, 0.2) is 48.5 Å². The van der Waals surface area contributed by atoms with Gasteiger partial charge in [-0.05, 0) is 36.6 Å². The maximum absolute atomic E-state index is 13.7. The highest BCUT2D eigenvalue weighted by Gasteiger charge is 2.22. The largest absolute Gasteiger partial charge is 0.496 e. The fourth-order valence-corrected chi connectivity index (χ4v) is 2.99. The molecule has 0 aliphatic heterocycles. The summed E-state index contributed by atoms with van der Waals surface area (Å²) >= 11 is 1.58. The molecule has 0 spiro atoms. The summed E-state index contributed by atoms with van der Waals surface area (Å²) in [5.41, 5.74) is 0.751. The lowest BCUT2D eigenvalue weighted by molar-refractivity contribution is -0.123. The van der Waals surface area contributed by atoms with Crippen molar-refractivity contribution in [3.63, 3.8) is 0 Å². The zero-order valence-electron chi connectivity index (χ0n) is 15.3. The van der Waals surface area contributed by atoms with Gasteiger partial charge in [-0.3, -0.25) is 9.59 Å². The van der Waals surface area contributed by atoms with Crippen LogP contribution in [0.1, 0.15) is 22.3 Å². The molecule has 0 aliphatic rings. The molecule has 2 rings (SSSR count). The highest BCUT2D eigenvalue weighted by Crippen LogP contribution is 2.17. The van der Waals surface area contributed by atoms with E-state index in [1.165, 1.54) is 13.2 Å². The number of amides is 2. The Kier molecular flexibility index (Phi) is 8.13. The number of halogens is 1. The molecule has 0 bridgehead atoms. The van der Waals surface area contributed by atoms with Crippen LogP contribution in [0.2, 0.25) is 0 Å². The number of carbonyl (C=O) groups is 2. The standard InChI is InChI=1S/C20H23FN2O3S/c1-26-18-10-6-4-8-15(18)19(24)23-17(11-12-27-2)20(25)22-13-14-7-3-5-9-16(14)21/h3-10,17H,11-13H2,1-2H3,(H,22,25)(H,23,24). The van der Waals surface area contributed by atoms with Gasteiger partial charge in [0.05, 0.1) is 12.7 Å². The van der Waals surface area contributed by atoms with Crippen LogP contribution in [0, 0.1) is 5.82 Å². The molecule has 5 nitrogen and oxygen atoms in total.